The Hall–Kier alpha value is -1.66. The van der Waals surface area contributed by atoms with Crippen LogP contribution in [0.4, 0.5) is 4.39 Å². The summed E-state index contributed by atoms with van der Waals surface area (Å²) in [5, 5.41) is -0.178. The van der Waals surface area contributed by atoms with E-state index in [0.717, 1.165) is 12.8 Å². The molecule has 5 nitrogen and oxygen atoms in total. The fourth-order valence-corrected chi connectivity index (χ4v) is 3.14. The van der Waals surface area contributed by atoms with E-state index in [-0.39, 0.29) is 22.9 Å². The van der Waals surface area contributed by atoms with Gasteiger partial charge < -0.3 is 15.4 Å². The van der Waals surface area contributed by atoms with Crippen molar-refractivity contribution < 1.29 is 18.7 Å². The smallest absolute Gasteiger partial charge is 0.255 e. The molecule has 0 bridgehead atoms. The highest BCUT2D eigenvalue weighted by atomic mass is 35.5. The zero-order chi connectivity index (χ0) is 17.0. The van der Waals surface area contributed by atoms with Crippen molar-refractivity contribution in [3.05, 3.63) is 34.6 Å². The topological polar surface area (TPSA) is 72.6 Å². The second kappa shape index (κ2) is 7.27. The summed E-state index contributed by atoms with van der Waals surface area (Å²) in [5.74, 6) is -1.37. The lowest BCUT2D eigenvalue weighted by atomic mass is 9.87. The Morgan fingerprint density at radius 1 is 1.48 bits per heavy atom. The third kappa shape index (κ3) is 4.00. The first-order chi connectivity index (χ1) is 10.9. The number of halogens is 2. The fourth-order valence-electron chi connectivity index (χ4n) is 2.93. The summed E-state index contributed by atoms with van der Waals surface area (Å²) in [6, 6.07) is 4.16. The molecule has 23 heavy (non-hydrogen) atoms. The Labute approximate surface area is 139 Å². The Morgan fingerprint density at radius 3 is 2.87 bits per heavy atom. The van der Waals surface area contributed by atoms with Gasteiger partial charge in [-0.2, -0.15) is 0 Å². The maximum Gasteiger partial charge on any atom is 0.255 e. The number of rotatable bonds is 5. The average Bonchev–Trinajstić information content (AvgIpc) is 2.55. The van der Waals surface area contributed by atoms with Gasteiger partial charge in [0.1, 0.15) is 5.82 Å². The summed E-state index contributed by atoms with van der Waals surface area (Å²) in [5.41, 5.74) is 4.74. The number of primary amides is 1. The molecule has 126 valence electrons. The average molecular weight is 343 g/mol. The van der Waals surface area contributed by atoms with Gasteiger partial charge in [-0.15, -0.1) is 0 Å². The number of nitrogens with zero attached hydrogens (tertiary/aromatic N) is 1. The summed E-state index contributed by atoms with van der Waals surface area (Å²) in [4.78, 5) is 25.3. The number of ether oxygens (including phenoxy) is 1. The number of hydrogen-bond donors (Lipinski definition) is 1. The first-order valence-electron chi connectivity index (χ1n) is 7.45. The van der Waals surface area contributed by atoms with Crippen LogP contribution in [0.15, 0.2) is 18.2 Å². The van der Waals surface area contributed by atoms with Crippen molar-refractivity contribution in [1.29, 1.82) is 0 Å². The van der Waals surface area contributed by atoms with Crippen molar-refractivity contribution >= 4 is 23.4 Å². The molecule has 1 aliphatic heterocycles. The highest BCUT2D eigenvalue weighted by Crippen LogP contribution is 2.31. The van der Waals surface area contributed by atoms with Crippen LogP contribution in [0.1, 0.15) is 36.0 Å². The van der Waals surface area contributed by atoms with Gasteiger partial charge in [-0.1, -0.05) is 17.7 Å². The highest BCUT2D eigenvalue weighted by molar-refractivity contribution is 6.34. The molecule has 1 fully saturated rings. The van der Waals surface area contributed by atoms with Crippen LogP contribution in [0.5, 0.6) is 0 Å². The maximum absolute atomic E-state index is 13.6. The van der Waals surface area contributed by atoms with Gasteiger partial charge in [0, 0.05) is 26.6 Å². The maximum atomic E-state index is 13.6. The van der Waals surface area contributed by atoms with E-state index in [1.165, 1.54) is 18.2 Å². The molecule has 2 amide bonds. The number of amides is 2. The van der Waals surface area contributed by atoms with Crippen LogP contribution in [-0.2, 0) is 9.53 Å². The van der Waals surface area contributed by atoms with Crippen molar-refractivity contribution in [1.82, 2.24) is 4.90 Å². The molecule has 1 aromatic rings. The van der Waals surface area contributed by atoms with Crippen molar-refractivity contribution in [2.45, 2.75) is 31.3 Å². The molecular weight excluding hydrogens is 323 g/mol. The number of carbonyl (C=O) groups excluding carboxylic acids is 2. The van der Waals surface area contributed by atoms with E-state index in [9.17, 15) is 14.0 Å². The second-order valence-corrected chi connectivity index (χ2v) is 6.16. The van der Waals surface area contributed by atoms with Gasteiger partial charge in [0.15, 0.2) is 0 Å². The first kappa shape index (κ1) is 17.7. The molecular formula is C16H20ClFN2O3. The predicted molar refractivity (Wildman–Crippen MR) is 84.7 cm³/mol. The fraction of sp³-hybridized carbons (Fsp3) is 0.500. The summed E-state index contributed by atoms with van der Waals surface area (Å²) < 4.78 is 19.1. The van der Waals surface area contributed by atoms with Crippen LogP contribution in [0.3, 0.4) is 0 Å². The normalized spacial score (nSPS) is 21.3. The molecule has 1 aliphatic rings. The lowest BCUT2D eigenvalue weighted by Gasteiger charge is -2.42. The predicted octanol–water partition coefficient (Wildman–Crippen LogP) is 2.37. The number of benzene rings is 1. The minimum absolute atomic E-state index is 0.133. The van der Waals surface area contributed by atoms with Gasteiger partial charge in [-0.25, -0.2) is 4.39 Å². The van der Waals surface area contributed by atoms with E-state index in [2.05, 4.69) is 0 Å². The quantitative estimate of drug-likeness (QED) is 0.892. The number of piperidine rings is 1. The van der Waals surface area contributed by atoms with Crippen LogP contribution >= 0.6 is 11.6 Å². The first-order valence-corrected chi connectivity index (χ1v) is 7.83. The monoisotopic (exact) mass is 342 g/mol. The molecule has 7 heteroatoms. The molecule has 0 aromatic heterocycles. The number of hydrogen-bond acceptors (Lipinski definition) is 3. The van der Waals surface area contributed by atoms with Crippen molar-refractivity contribution in [2.24, 2.45) is 5.73 Å². The summed E-state index contributed by atoms with van der Waals surface area (Å²) in [6.07, 6.45) is 2.10. The summed E-state index contributed by atoms with van der Waals surface area (Å²) in [7, 11) is 1.56. The molecule has 0 unspecified atom stereocenters. The molecule has 1 atom stereocenters. The number of carbonyl (C=O) groups is 2. The van der Waals surface area contributed by atoms with Gasteiger partial charge in [0.05, 0.1) is 16.2 Å². The molecule has 1 aromatic carbocycles. The summed E-state index contributed by atoms with van der Waals surface area (Å²) >= 11 is 5.90. The minimum Gasteiger partial charge on any atom is -0.376 e. The molecule has 0 aliphatic carbocycles. The van der Waals surface area contributed by atoms with E-state index in [4.69, 9.17) is 22.1 Å². The SMILES string of the molecule is CO[C@]1(CCC(N)=O)CCCN(C(=O)c2cccc(F)c2Cl)C1. The van der Waals surface area contributed by atoms with E-state index >= 15 is 0 Å². The van der Waals surface area contributed by atoms with E-state index < -0.39 is 17.3 Å². The highest BCUT2D eigenvalue weighted by Gasteiger charge is 2.38. The lowest BCUT2D eigenvalue weighted by Crippen LogP contribution is -2.51. The third-order valence-corrected chi connectivity index (χ3v) is 4.65. The third-order valence-electron chi connectivity index (χ3n) is 4.27. The van der Waals surface area contributed by atoms with Crippen LogP contribution in [0.2, 0.25) is 5.02 Å². The van der Waals surface area contributed by atoms with Crippen molar-refractivity contribution in [3.8, 4) is 0 Å². The van der Waals surface area contributed by atoms with Gasteiger partial charge in [-0.05, 0) is 31.4 Å². The van der Waals surface area contributed by atoms with Crippen LogP contribution in [0.25, 0.3) is 0 Å². The lowest BCUT2D eigenvalue weighted by molar-refractivity contribution is -0.120. The Bertz CT molecular complexity index is 611. The minimum atomic E-state index is -0.624. The van der Waals surface area contributed by atoms with Gasteiger partial charge in [0.2, 0.25) is 5.91 Å². The van der Waals surface area contributed by atoms with Gasteiger partial charge in [0.25, 0.3) is 5.91 Å². The van der Waals surface area contributed by atoms with Gasteiger partial charge in [-0.3, -0.25) is 9.59 Å². The molecule has 0 spiro atoms. The Kier molecular flexibility index (Phi) is 5.59. The molecule has 2 N–H and O–H groups in total. The largest absolute Gasteiger partial charge is 0.376 e. The number of likely N-dealkylation sites (tertiary alicyclic amines) is 1. The van der Waals surface area contributed by atoms with E-state index in [0.29, 0.717) is 19.5 Å². The zero-order valence-corrected chi connectivity index (χ0v) is 13.7. The standard InChI is InChI=1S/C16H20ClFN2O3/c1-23-16(8-6-13(19)21)7-3-9-20(10-16)15(22)11-4-2-5-12(18)14(11)17/h2,4-5H,3,6-10H2,1H3,(H2,19,21)/t16-/m0/s1. The van der Waals surface area contributed by atoms with E-state index in [1.54, 1.807) is 12.0 Å². The van der Waals surface area contributed by atoms with Crippen LogP contribution in [-0.4, -0.2) is 42.5 Å². The molecule has 1 saturated heterocycles. The van der Waals surface area contributed by atoms with Crippen LogP contribution < -0.4 is 5.73 Å². The number of methoxy groups -OCH3 is 1. The number of nitrogens with two attached hydrogens (primary N) is 1. The Morgan fingerprint density at radius 2 is 2.22 bits per heavy atom. The molecule has 0 radical (unpaired) electrons. The summed E-state index contributed by atoms with van der Waals surface area (Å²) in [6.45, 7) is 0.857. The Balaban J connectivity index is 2.17. The van der Waals surface area contributed by atoms with Crippen molar-refractivity contribution in [3.63, 3.8) is 0 Å². The van der Waals surface area contributed by atoms with Gasteiger partial charge >= 0.3 is 0 Å². The van der Waals surface area contributed by atoms with E-state index in [1.807, 2.05) is 0 Å². The molecule has 0 saturated carbocycles. The van der Waals surface area contributed by atoms with Crippen LogP contribution in [0, 0.1) is 5.82 Å². The molecule has 1 heterocycles. The zero-order valence-electron chi connectivity index (χ0n) is 13.0. The van der Waals surface area contributed by atoms with Crippen molar-refractivity contribution in [2.75, 3.05) is 20.2 Å². The molecule has 2 rings (SSSR count). The second-order valence-electron chi connectivity index (χ2n) is 5.79.